The van der Waals surface area contributed by atoms with Gasteiger partial charge < -0.3 is 10.1 Å². The smallest absolute Gasteiger partial charge is 0.381 e. The number of halogens is 3. The van der Waals surface area contributed by atoms with Crippen molar-refractivity contribution in [1.82, 2.24) is 20.1 Å². The quantitative estimate of drug-likeness (QED) is 0.565. The summed E-state index contributed by atoms with van der Waals surface area (Å²) in [5.41, 5.74) is 3.55. The number of ether oxygens (including phenoxy) is 1. The number of aromatic nitrogens is 1. The zero-order valence-electron chi connectivity index (χ0n) is 23.0. The van der Waals surface area contributed by atoms with Crippen molar-refractivity contribution in [2.75, 3.05) is 39.4 Å². The van der Waals surface area contributed by atoms with Crippen molar-refractivity contribution in [3.63, 3.8) is 0 Å². The predicted octanol–water partition coefficient (Wildman–Crippen LogP) is 4.56. The number of nitrogens with one attached hydrogen (secondary N) is 1. The lowest BCUT2D eigenvalue weighted by molar-refractivity contribution is -0.137. The second-order valence-electron chi connectivity index (χ2n) is 12.0. The predicted molar refractivity (Wildman–Crippen MR) is 146 cm³/mol. The van der Waals surface area contributed by atoms with Crippen LogP contribution in [0, 0.1) is 5.92 Å². The number of hydrogen-bond donors (Lipinski definition) is 1. The maximum absolute atomic E-state index is 13.3. The summed E-state index contributed by atoms with van der Waals surface area (Å²) >= 11 is 0. The molecular formula is C31H39F3N4O2. The Bertz CT molecular complexity index is 1200. The van der Waals surface area contributed by atoms with Crippen LogP contribution in [0.15, 0.2) is 36.5 Å². The zero-order chi connectivity index (χ0) is 27.7. The Morgan fingerprint density at radius 1 is 1.05 bits per heavy atom. The van der Waals surface area contributed by atoms with E-state index in [0.29, 0.717) is 43.0 Å². The van der Waals surface area contributed by atoms with Gasteiger partial charge in [-0.25, -0.2) is 0 Å². The molecule has 6 rings (SSSR count). The van der Waals surface area contributed by atoms with E-state index in [0.717, 1.165) is 76.5 Å². The fourth-order valence-electron chi connectivity index (χ4n) is 7.33. The van der Waals surface area contributed by atoms with Crippen LogP contribution in [0.2, 0.25) is 0 Å². The molecule has 0 saturated carbocycles. The summed E-state index contributed by atoms with van der Waals surface area (Å²) in [7, 11) is 0. The molecule has 9 heteroatoms. The van der Waals surface area contributed by atoms with Gasteiger partial charge >= 0.3 is 6.18 Å². The fraction of sp³-hybridized carbons (Fsp3) is 0.613. The van der Waals surface area contributed by atoms with Crippen LogP contribution < -0.4 is 5.32 Å². The average molecular weight is 557 g/mol. The van der Waals surface area contributed by atoms with Gasteiger partial charge in [0.1, 0.15) is 0 Å². The SMILES string of the molecule is O=C(CN1CCc2ccc(C(F)(F)F)cc2C1)NC1CN(C2CCCOCC2)C[C@@H]1CC1CCc2cccnc21. The lowest BCUT2D eigenvalue weighted by Gasteiger charge is -2.30. The molecular weight excluding hydrogens is 517 g/mol. The monoisotopic (exact) mass is 556 g/mol. The third kappa shape index (κ3) is 6.21. The van der Waals surface area contributed by atoms with E-state index in [9.17, 15) is 18.0 Å². The summed E-state index contributed by atoms with van der Waals surface area (Å²) in [5, 5.41) is 3.36. The zero-order valence-corrected chi connectivity index (χ0v) is 23.0. The fourth-order valence-corrected chi connectivity index (χ4v) is 7.33. The van der Waals surface area contributed by atoms with Crippen molar-refractivity contribution >= 4 is 5.91 Å². The first-order valence-corrected chi connectivity index (χ1v) is 14.8. The molecule has 2 saturated heterocycles. The summed E-state index contributed by atoms with van der Waals surface area (Å²) in [5.74, 6) is 0.711. The highest BCUT2D eigenvalue weighted by molar-refractivity contribution is 5.78. The molecule has 6 nitrogen and oxygen atoms in total. The Morgan fingerprint density at radius 3 is 2.83 bits per heavy atom. The molecule has 4 heterocycles. The van der Waals surface area contributed by atoms with Gasteiger partial charge in [0.2, 0.25) is 5.91 Å². The van der Waals surface area contributed by atoms with Crippen molar-refractivity contribution in [2.45, 2.75) is 75.7 Å². The van der Waals surface area contributed by atoms with E-state index in [1.165, 1.54) is 17.3 Å². The minimum atomic E-state index is -4.36. The van der Waals surface area contributed by atoms with Crippen molar-refractivity contribution in [2.24, 2.45) is 5.92 Å². The highest BCUT2D eigenvalue weighted by atomic mass is 19.4. The Hall–Kier alpha value is -2.49. The van der Waals surface area contributed by atoms with Crippen LogP contribution in [0.25, 0.3) is 0 Å². The number of likely N-dealkylation sites (tertiary alicyclic amines) is 1. The Balaban J connectivity index is 1.12. The molecule has 4 atom stereocenters. The minimum Gasteiger partial charge on any atom is -0.381 e. The maximum Gasteiger partial charge on any atom is 0.416 e. The van der Waals surface area contributed by atoms with Crippen molar-refractivity contribution < 1.29 is 22.7 Å². The van der Waals surface area contributed by atoms with E-state index in [1.807, 2.05) is 17.2 Å². The van der Waals surface area contributed by atoms with Gasteiger partial charge in [-0.3, -0.25) is 19.6 Å². The number of pyridine rings is 1. The highest BCUT2D eigenvalue weighted by Crippen LogP contribution is 2.39. The maximum atomic E-state index is 13.3. The summed E-state index contributed by atoms with van der Waals surface area (Å²) < 4.78 is 45.5. The van der Waals surface area contributed by atoms with Crippen LogP contribution in [-0.4, -0.2) is 72.2 Å². The summed E-state index contributed by atoms with van der Waals surface area (Å²) in [4.78, 5) is 22.6. The van der Waals surface area contributed by atoms with Crippen LogP contribution in [-0.2, 0) is 35.1 Å². The minimum absolute atomic E-state index is 0.0403. The number of carbonyl (C=O) groups is 1. The molecule has 1 N–H and O–H groups in total. The number of carbonyl (C=O) groups excluding carboxylic acids is 1. The first-order valence-electron chi connectivity index (χ1n) is 14.8. The van der Waals surface area contributed by atoms with Crippen LogP contribution in [0.1, 0.15) is 66.0 Å². The number of rotatable bonds is 6. The third-order valence-electron chi connectivity index (χ3n) is 9.41. The lowest BCUT2D eigenvalue weighted by atomic mass is 9.89. The summed E-state index contributed by atoms with van der Waals surface area (Å²) in [6.07, 6.45) is 4.55. The van der Waals surface area contributed by atoms with E-state index >= 15 is 0 Å². The molecule has 1 amide bonds. The van der Waals surface area contributed by atoms with Gasteiger partial charge in [0.05, 0.1) is 12.1 Å². The molecule has 4 aliphatic rings. The van der Waals surface area contributed by atoms with Gasteiger partial charge in [-0.2, -0.15) is 13.2 Å². The number of alkyl halides is 3. The number of aryl methyl sites for hydroxylation is 1. The molecule has 1 aromatic heterocycles. The second kappa shape index (κ2) is 11.8. The molecule has 3 aliphatic heterocycles. The van der Waals surface area contributed by atoms with Crippen molar-refractivity contribution in [1.29, 1.82) is 0 Å². The summed E-state index contributed by atoms with van der Waals surface area (Å²) in [6.45, 7) is 4.63. The molecule has 2 aromatic rings. The van der Waals surface area contributed by atoms with Gasteiger partial charge in [0.15, 0.2) is 0 Å². The van der Waals surface area contributed by atoms with Gasteiger partial charge in [-0.15, -0.1) is 0 Å². The molecule has 0 radical (unpaired) electrons. The highest BCUT2D eigenvalue weighted by Gasteiger charge is 2.40. The van der Waals surface area contributed by atoms with Crippen molar-refractivity contribution in [3.8, 4) is 0 Å². The second-order valence-corrected chi connectivity index (χ2v) is 12.0. The molecule has 0 bridgehead atoms. The normalized spacial score (nSPS) is 27.7. The van der Waals surface area contributed by atoms with Gasteiger partial charge in [-0.1, -0.05) is 12.1 Å². The van der Waals surface area contributed by atoms with E-state index in [2.05, 4.69) is 16.3 Å². The van der Waals surface area contributed by atoms with E-state index in [-0.39, 0.29) is 18.5 Å². The Kier molecular flexibility index (Phi) is 8.15. The molecule has 3 unspecified atom stereocenters. The van der Waals surface area contributed by atoms with Crippen LogP contribution >= 0.6 is 0 Å². The molecule has 40 heavy (non-hydrogen) atoms. The first-order chi connectivity index (χ1) is 19.3. The number of benzene rings is 1. The van der Waals surface area contributed by atoms with Gasteiger partial charge in [-0.05, 0) is 85.8 Å². The van der Waals surface area contributed by atoms with Gasteiger partial charge in [0, 0.05) is 69.3 Å². The molecule has 1 aromatic carbocycles. The molecule has 2 fully saturated rings. The van der Waals surface area contributed by atoms with Crippen LogP contribution in [0.5, 0.6) is 0 Å². The topological polar surface area (TPSA) is 57.7 Å². The Labute approximate surface area is 234 Å². The summed E-state index contributed by atoms with van der Waals surface area (Å²) in [6, 6.07) is 8.71. The number of hydrogen-bond acceptors (Lipinski definition) is 5. The van der Waals surface area contributed by atoms with Crippen molar-refractivity contribution in [3.05, 3.63) is 64.5 Å². The third-order valence-corrected chi connectivity index (χ3v) is 9.41. The number of fused-ring (bicyclic) bond motifs is 2. The molecule has 0 spiro atoms. The van der Waals surface area contributed by atoms with E-state index < -0.39 is 11.7 Å². The van der Waals surface area contributed by atoms with Gasteiger partial charge in [0.25, 0.3) is 0 Å². The number of amides is 1. The number of nitrogens with zero attached hydrogens (tertiary/aromatic N) is 3. The standard InChI is InChI=1S/C31H39F3N4O2/c32-31(33,34)26-8-7-21-9-12-37(17-24(21)16-26)20-29(39)36-28-19-38(27-4-2-13-40-14-10-27)18-25(28)15-23-6-5-22-3-1-11-35-30(22)23/h1,3,7-8,11,16,23,25,27-28H,2,4-6,9-10,12-15,17-20H2,(H,36,39)/t23?,25-,27?,28?/m0/s1. The van der Waals surface area contributed by atoms with Crippen LogP contribution in [0.3, 0.4) is 0 Å². The average Bonchev–Trinajstić information content (AvgIpc) is 3.40. The van der Waals surface area contributed by atoms with E-state index in [1.54, 1.807) is 6.07 Å². The largest absolute Gasteiger partial charge is 0.416 e. The van der Waals surface area contributed by atoms with Crippen LogP contribution in [0.4, 0.5) is 13.2 Å². The molecule has 216 valence electrons. The lowest BCUT2D eigenvalue weighted by Crippen LogP contribution is -2.47. The Morgan fingerprint density at radius 2 is 1.95 bits per heavy atom. The first kappa shape index (κ1) is 27.7. The van der Waals surface area contributed by atoms with E-state index in [4.69, 9.17) is 9.72 Å². The molecule has 1 aliphatic carbocycles.